The van der Waals surface area contributed by atoms with Gasteiger partial charge in [0.15, 0.2) is 0 Å². The van der Waals surface area contributed by atoms with Crippen LogP contribution < -0.4 is 15.2 Å². The number of phenolic OH excluding ortho intramolecular Hbond substituents is 1. The summed E-state index contributed by atoms with van der Waals surface area (Å²) in [5, 5.41) is 23.8. The molecule has 38 heavy (non-hydrogen) atoms. The Morgan fingerprint density at radius 1 is 0.974 bits per heavy atom. The number of phenols is 1. The van der Waals surface area contributed by atoms with Gasteiger partial charge in [0.05, 0.1) is 18.5 Å². The molecule has 1 aliphatic heterocycles. The van der Waals surface area contributed by atoms with Crippen LogP contribution in [0.5, 0.6) is 17.2 Å². The number of anilines is 1. The predicted octanol–water partition coefficient (Wildman–Crippen LogP) is 3.96. The maximum atomic E-state index is 13.7. The number of hydrogen-bond donors (Lipinski definition) is 2. The molecular weight excluding hydrogens is 487 g/mol. The number of aliphatic hydroxyl groups excluding tert-OH is 1. The van der Waals surface area contributed by atoms with Crippen LogP contribution in [0.2, 0.25) is 0 Å². The molecule has 1 aliphatic rings. The maximum absolute atomic E-state index is 13.7. The average Bonchev–Trinajstić information content (AvgIpc) is 2.92. The summed E-state index contributed by atoms with van der Waals surface area (Å²) in [6.45, 7) is 5.51. The maximum Gasteiger partial charge on any atom is 0.316 e. The minimum absolute atomic E-state index is 0.105. The van der Waals surface area contributed by atoms with Crippen molar-refractivity contribution >= 4 is 5.69 Å². The van der Waals surface area contributed by atoms with E-state index in [1.54, 1.807) is 30.5 Å². The molecule has 1 fully saturated rings. The lowest BCUT2D eigenvalue weighted by Crippen LogP contribution is -2.47. The topological polar surface area (TPSA) is 91.1 Å². The van der Waals surface area contributed by atoms with Crippen LogP contribution in [0.4, 0.5) is 10.1 Å². The molecule has 2 heterocycles. The van der Waals surface area contributed by atoms with Crippen molar-refractivity contribution in [1.82, 2.24) is 14.7 Å². The zero-order valence-electron chi connectivity index (χ0n) is 21.0. The van der Waals surface area contributed by atoms with Gasteiger partial charge in [0.2, 0.25) is 5.75 Å². The van der Waals surface area contributed by atoms with Crippen molar-refractivity contribution in [2.24, 2.45) is 0 Å². The number of hydrogen-bond acceptors (Lipinski definition) is 7. The Labute approximate surface area is 219 Å². The molecular formula is C29H29FN4O4. The number of piperazine rings is 1. The molecule has 0 amide bonds. The van der Waals surface area contributed by atoms with Gasteiger partial charge in [-0.05, 0) is 48.9 Å². The smallest absolute Gasteiger partial charge is 0.316 e. The fourth-order valence-corrected chi connectivity index (χ4v) is 4.54. The fourth-order valence-electron chi connectivity index (χ4n) is 4.54. The molecule has 3 aromatic carbocycles. The highest BCUT2D eigenvalue weighted by Crippen LogP contribution is 2.33. The molecule has 0 saturated carbocycles. The molecule has 0 aliphatic carbocycles. The highest BCUT2D eigenvalue weighted by molar-refractivity contribution is 5.70. The lowest BCUT2D eigenvalue weighted by molar-refractivity contribution is 0.188. The van der Waals surface area contributed by atoms with E-state index in [-0.39, 0.29) is 23.7 Å². The number of aryl methyl sites for hydroxylation is 1. The number of aromatic nitrogens is 2. The average molecular weight is 517 g/mol. The zero-order valence-corrected chi connectivity index (χ0v) is 21.0. The predicted molar refractivity (Wildman–Crippen MR) is 144 cm³/mol. The Morgan fingerprint density at radius 3 is 2.34 bits per heavy atom. The van der Waals surface area contributed by atoms with Gasteiger partial charge in [0.25, 0.3) is 0 Å². The molecule has 0 radical (unpaired) electrons. The summed E-state index contributed by atoms with van der Waals surface area (Å²) in [5.41, 5.74) is 3.09. The number of β-amino-alcohol motifs (C(OH)–C–C–N with tert-alkyl or cyclic N) is 1. The molecule has 2 N–H and O–H groups in total. The van der Waals surface area contributed by atoms with Crippen molar-refractivity contribution in [3.8, 4) is 34.1 Å². The van der Waals surface area contributed by atoms with Gasteiger partial charge in [0.1, 0.15) is 23.0 Å². The van der Waals surface area contributed by atoms with E-state index in [1.165, 1.54) is 16.8 Å². The molecule has 9 heteroatoms. The van der Waals surface area contributed by atoms with Crippen LogP contribution in [0.1, 0.15) is 5.56 Å². The van der Waals surface area contributed by atoms with E-state index < -0.39 is 5.82 Å². The van der Waals surface area contributed by atoms with Crippen LogP contribution in [0.3, 0.4) is 0 Å². The van der Waals surface area contributed by atoms with E-state index in [9.17, 15) is 19.4 Å². The van der Waals surface area contributed by atoms with Crippen molar-refractivity contribution < 1.29 is 19.3 Å². The molecule has 4 aromatic rings. The largest absolute Gasteiger partial charge is 0.507 e. The second kappa shape index (κ2) is 11.0. The van der Waals surface area contributed by atoms with E-state index in [2.05, 4.69) is 14.9 Å². The molecule has 0 bridgehead atoms. The molecule has 0 atom stereocenters. The number of halogens is 1. The normalized spacial score (nSPS) is 14.0. The van der Waals surface area contributed by atoms with E-state index in [1.807, 2.05) is 31.2 Å². The van der Waals surface area contributed by atoms with Crippen LogP contribution in [0.25, 0.3) is 16.8 Å². The highest BCUT2D eigenvalue weighted by Gasteiger charge is 2.24. The number of ether oxygens (including phenoxy) is 1. The Balaban J connectivity index is 1.49. The van der Waals surface area contributed by atoms with Gasteiger partial charge >= 0.3 is 5.56 Å². The SMILES string of the molecule is Cc1ccc(-n2ncc(N3CCN(CCO)CC3)c(Oc3ccc(-c4ccc(F)cc4O)cc3)c2=O)cc1. The Bertz CT molecular complexity index is 1460. The molecule has 196 valence electrons. The van der Waals surface area contributed by atoms with Crippen molar-refractivity contribution in [3.05, 3.63) is 94.7 Å². The van der Waals surface area contributed by atoms with E-state index in [0.29, 0.717) is 47.9 Å². The molecule has 1 aromatic heterocycles. The van der Waals surface area contributed by atoms with E-state index in [4.69, 9.17) is 4.74 Å². The zero-order chi connectivity index (χ0) is 26.6. The van der Waals surface area contributed by atoms with Gasteiger partial charge in [0, 0.05) is 44.4 Å². The molecule has 1 saturated heterocycles. The number of rotatable bonds is 7. The van der Waals surface area contributed by atoms with Crippen LogP contribution in [-0.2, 0) is 0 Å². The highest BCUT2D eigenvalue weighted by atomic mass is 19.1. The monoisotopic (exact) mass is 516 g/mol. The van der Waals surface area contributed by atoms with Crippen molar-refractivity contribution in [1.29, 1.82) is 0 Å². The number of aromatic hydroxyl groups is 1. The first-order valence-corrected chi connectivity index (χ1v) is 12.5. The summed E-state index contributed by atoms with van der Waals surface area (Å²) in [6, 6.07) is 18.3. The van der Waals surface area contributed by atoms with Crippen molar-refractivity contribution in [3.63, 3.8) is 0 Å². The third-order valence-electron chi connectivity index (χ3n) is 6.67. The van der Waals surface area contributed by atoms with Crippen LogP contribution >= 0.6 is 0 Å². The van der Waals surface area contributed by atoms with Crippen LogP contribution in [0, 0.1) is 12.7 Å². The molecule has 8 nitrogen and oxygen atoms in total. The van der Waals surface area contributed by atoms with Crippen molar-refractivity contribution in [2.75, 3.05) is 44.2 Å². The quantitative estimate of drug-likeness (QED) is 0.384. The summed E-state index contributed by atoms with van der Waals surface area (Å²) < 4.78 is 20.9. The van der Waals surface area contributed by atoms with E-state index >= 15 is 0 Å². The Kier molecular flexibility index (Phi) is 7.39. The summed E-state index contributed by atoms with van der Waals surface area (Å²) in [6.07, 6.45) is 1.66. The van der Waals surface area contributed by atoms with Crippen LogP contribution in [0.15, 0.2) is 77.7 Å². The van der Waals surface area contributed by atoms with Gasteiger partial charge in [-0.2, -0.15) is 9.78 Å². The lowest BCUT2D eigenvalue weighted by Gasteiger charge is -2.36. The molecule has 0 spiro atoms. The second-order valence-corrected chi connectivity index (χ2v) is 9.25. The molecule has 5 rings (SSSR count). The minimum atomic E-state index is -0.515. The third kappa shape index (κ3) is 5.39. The Morgan fingerprint density at radius 2 is 1.68 bits per heavy atom. The summed E-state index contributed by atoms with van der Waals surface area (Å²) >= 11 is 0. The van der Waals surface area contributed by atoms with Crippen LogP contribution in [-0.4, -0.2) is 64.2 Å². The van der Waals surface area contributed by atoms with Gasteiger partial charge in [-0.1, -0.05) is 29.8 Å². The van der Waals surface area contributed by atoms with Gasteiger partial charge in [-0.25, -0.2) is 4.39 Å². The standard InChI is InChI=1S/C29H29FN4O4/c1-20-2-7-23(8-3-20)34-29(37)28(26(19-31-34)33-14-12-32(13-15-33)16-17-35)38-24-9-4-21(5-10-24)25-11-6-22(30)18-27(25)36/h2-11,18-19,35-36H,12-17H2,1H3. The lowest BCUT2D eigenvalue weighted by atomic mass is 10.0. The Hall–Kier alpha value is -4.21. The molecule has 0 unspecified atom stereocenters. The second-order valence-electron chi connectivity index (χ2n) is 9.25. The number of nitrogens with zero attached hydrogens (tertiary/aromatic N) is 4. The van der Waals surface area contributed by atoms with Gasteiger partial charge in [-0.3, -0.25) is 9.69 Å². The fraction of sp³-hybridized carbons (Fsp3) is 0.241. The van der Waals surface area contributed by atoms with E-state index in [0.717, 1.165) is 24.7 Å². The van der Waals surface area contributed by atoms with Gasteiger partial charge < -0.3 is 19.8 Å². The summed E-state index contributed by atoms with van der Waals surface area (Å²) in [4.78, 5) is 17.9. The van der Waals surface area contributed by atoms with Crippen molar-refractivity contribution in [2.45, 2.75) is 6.92 Å². The summed E-state index contributed by atoms with van der Waals surface area (Å²) in [7, 11) is 0. The third-order valence-corrected chi connectivity index (χ3v) is 6.67. The van der Waals surface area contributed by atoms with Gasteiger partial charge in [-0.15, -0.1) is 0 Å². The number of aliphatic hydroxyl groups is 1. The first kappa shape index (κ1) is 25.4. The number of benzene rings is 3. The minimum Gasteiger partial charge on any atom is -0.507 e. The first-order valence-electron chi connectivity index (χ1n) is 12.5. The first-order chi connectivity index (χ1) is 18.4. The summed E-state index contributed by atoms with van der Waals surface area (Å²) in [5.74, 6) is -0.0716.